The maximum Gasteiger partial charge on any atom is 0.342 e. The van der Waals surface area contributed by atoms with Crippen LogP contribution in [-0.4, -0.2) is 58.2 Å². The summed E-state index contributed by atoms with van der Waals surface area (Å²) in [5, 5.41) is 9.10. The lowest BCUT2D eigenvalue weighted by atomic mass is 10.2. The Balaban J connectivity index is 1.61. The molecule has 3 rings (SSSR count). The lowest BCUT2D eigenvalue weighted by Gasteiger charge is -2.35. The molecule has 1 aliphatic rings. The van der Waals surface area contributed by atoms with Crippen LogP contribution >= 0.6 is 0 Å². The highest BCUT2D eigenvalue weighted by atomic mass is 16.5. The number of ether oxygens (including phenoxy) is 1. The number of nitrogens with zero attached hydrogens (tertiary/aromatic N) is 4. The van der Waals surface area contributed by atoms with Gasteiger partial charge < -0.3 is 14.7 Å². The molecule has 1 N–H and O–H groups in total. The van der Waals surface area contributed by atoms with Crippen LogP contribution in [0.5, 0.6) is 0 Å². The molecule has 0 bridgehead atoms. The van der Waals surface area contributed by atoms with E-state index in [-0.39, 0.29) is 18.7 Å². The third kappa shape index (κ3) is 5.02. The molecule has 3 heterocycles. The van der Waals surface area contributed by atoms with E-state index in [0.29, 0.717) is 11.4 Å². The second-order valence-corrected chi connectivity index (χ2v) is 6.91. The summed E-state index contributed by atoms with van der Waals surface area (Å²) in [5.41, 5.74) is 2.32. The van der Waals surface area contributed by atoms with Crippen molar-refractivity contribution in [2.24, 2.45) is 0 Å². The molecule has 27 heavy (non-hydrogen) atoms. The first-order valence-corrected chi connectivity index (χ1v) is 9.25. The Hall–Kier alpha value is -2.51. The Kier molecular flexibility index (Phi) is 6.36. The van der Waals surface area contributed by atoms with E-state index in [1.54, 1.807) is 24.5 Å². The van der Waals surface area contributed by atoms with Crippen molar-refractivity contribution in [2.75, 3.05) is 31.1 Å². The van der Waals surface area contributed by atoms with Crippen LogP contribution in [0.4, 0.5) is 5.82 Å². The summed E-state index contributed by atoms with van der Waals surface area (Å²) in [5.74, 6) is 0.358. The number of aliphatic hydroxyl groups is 1. The van der Waals surface area contributed by atoms with Gasteiger partial charge in [-0.05, 0) is 37.6 Å². The van der Waals surface area contributed by atoms with E-state index in [4.69, 9.17) is 9.84 Å². The number of esters is 1. The van der Waals surface area contributed by atoms with E-state index in [0.717, 1.165) is 44.0 Å². The molecular weight excluding hydrogens is 344 g/mol. The molecule has 2 aromatic heterocycles. The van der Waals surface area contributed by atoms with Crippen molar-refractivity contribution < 1.29 is 14.6 Å². The lowest BCUT2D eigenvalue weighted by Crippen LogP contribution is -2.46. The zero-order valence-corrected chi connectivity index (χ0v) is 15.8. The summed E-state index contributed by atoms with van der Waals surface area (Å²) in [4.78, 5) is 25.6. The highest BCUT2D eigenvalue weighted by Crippen LogP contribution is 2.21. The van der Waals surface area contributed by atoms with Gasteiger partial charge in [-0.2, -0.15) is 0 Å². The summed E-state index contributed by atoms with van der Waals surface area (Å²) >= 11 is 0. The van der Waals surface area contributed by atoms with Gasteiger partial charge in [-0.25, -0.2) is 9.78 Å². The Morgan fingerprint density at radius 2 is 1.96 bits per heavy atom. The van der Waals surface area contributed by atoms with Crippen molar-refractivity contribution in [1.29, 1.82) is 0 Å². The molecule has 1 fully saturated rings. The Bertz CT molecular complexity index is 756. The number of hydrogen-bond donors (Lipinski definition) is 1. The van der Waals surface area contributed by atoms with Crippen LogP contribution in [0.25, 0.3) is 0 Å². The molecule has 7 heteroatoms. The number of aromatic nitrogens is 2. The first-order chi connectivity index (χ1) is 13.1. The summed E-state index contributed by atoms with van der Waals surface area (Å²) in [6, 6.07) is 7.39. The summed E-state index contributed by atoms with van der Waals surface area (Å²) < 4.78 is 5.34. The van der Waals surface area contributed by atoms with Crippen LogP contribution in [0.1, 0.15) is 35.5 Å². The minimum Gasteiger partial charge on any atom is -0.459 e. The minimum atomic E-state index is -0.330. The molecule has 0 saturated carbocycles. The molecule has 0 amide bonds. The SMILES string of the molecule is CC(C)OC(=O)c1cccnc1N1CCN(Cc2ccc(CO)cn2)CC1. The molecule has 1 saturated heterocycles. The Morgan fingerprint density at radius 3 is 2.59 bits per heavy atom. The number of carbonyl (C=O) groups excluding carboxylic acids is 1. The molecule has 0 atom stereocenters. The lowest BCUT2D eigenvalue weighted by molar-refractivity contribution is 0.0378. The molecule has 1 aliphatic heterocycles. The van der Waals surface area contributed by atoms with Crippen molar-refractivity contribution in [3.8, 4) is 0 Å². The third-order valence-electron chi connectivity index (χ3n) is 4.48. The van der Waals surface area contributed by atoms with Crippen molar-refractivity contribution in [2.45, 2.75) is 33.1 Å². The molecule has 144 valence electrons. The number of carbonyl (C=O) groups is 1. The topological polar surface area (TPSA) is 78.8 Å². The van der Waals surface area contributed by atoms with Crippen molar-refractivity contribution >= 4 is 11.8 Å². The monoisotopic (exact) mass is 370 g/mol. The number of pyridine rings is 2. The van der Waals surface area contributed by atoms with Crippen LogP contribution in [0, 0.1) is 0 Å². The number of rotatable bonds is 6. The number of hydrogen-bond acceptors (Lipinski definition) is 7. The van der Waals surface area contributed by atoms with Gasteiger partial charge >= 0.3 is 5.97 Å². The van der Waals surface area contributed by atoms with Crippen molar-refractivity contribution in [3.05, 3.63) is 53.5 Å². The van der Waals surface area contributed by atoms with E-state index in [1.807, 2.05) is 26.0 Å². The zero-order valence-electron chi connectivity index (χ0n) is 15.8. The normalized spacial score (nSPS) is 15.2. The average Bonchev–Trinajstić information content (AvgIpc) is 2.69. The highest BCUT2D eigenvalue weighted by Gasteiger charge is 2.23. The predicted octanol–water partition coefficient (Wildman–Crippen LogP) is 1.86. The van der Waals surface area contributed by atoms with E-state index in [2.05, 4.69) is 19.8 Å². The quantitative estimate of drug-likeness (QED) is 0.778. The highest BCUT2D eigenvalue weighted by molar-refractivity contribution is 5.94. The van der Waals surface area contributed by atoms with E-state index >= 15 is 0 Å². The van der Waals surface area contributed by atoms with Gasteiger partial charge in [0.15, 0.2) is 0 Å². The van der Waals surface area contributed by atoms with Crippen LogP contribution in [-0.2, 0) is 17.9 Å². The maximum atomic E-state index is 12.4. The van der Waals surface area contributed by atoms with Crippen molar-refractivity contribution in [3.63, 3.8) is 0 Å². The van der Waals surface area contributed by atoms with E-state index < -0.39 is 0 Å². The fraction of sp³-hybridized carbons (Fsp3) is 0.450. The number of aliphatic hydroxyl groups excluding tert-OH is 1. The molecule has 2 aromatic rings. The van der Waals surface area contributed by atoms with Crippen LogP contribution < -0.4 is 4.90 Å². The zero-order chi connectivity index (χ0) is 19.2. The minimum absolute atomic E-state index is 0.0115. The van der Waals surface area contributed by atoms with Crippen LogP contribution in [0.15, 0.2) is 36.7 Å². The molecule has 0 radical (unpaired) electrons. The molecule has 0 aromatic carbocycles. The van der Waals surface area contributed by atoms with Gasteiger partial charge in [0.05, 0.1) is 18.4 Å². The standard InChI is InChI=1S/C20H26N4O3/c1-15(2)27-20(26)18-4-3-7-21-19(18)24-10-8-23(9-11-24)13-17-6-5-16(14-25)12-22-17/h3-7,12,15,25H,8-11,13-14H2,1-2H3. The molecule has 0 unspecified atom stereocenters. The van der Waals surface area contributed by atoms with Crippen LogP contribution in [0.3, 0.4) is 0 Å². The largest absolute Gasteiger partial charge is 0.459 e. The van der Waals surface area contributed by atoms with Gasteiger partial charge in [0.1, 0.15) is 11.4 Å². The average molecular weight is 370 g/mol. The maximum absolute atomic E-state index is 12.4. The Labute approximate surface area is 159 Å². The van der Waals surface area contributed by atoms with Gasteiger partial charge in [0.25, 0.3) is 0 Å². The second kappa shape index (κ2) is 8.92. The van der Waals surface area contributed by atoms with E-state index in [9.17, 15) is 4.79 Å². The fourth-order valence-corrected chi connectivity index (χ4v) is 3.07. The van der Waals surface area contributed by atoms with Crippen molar-refractivity contribution in [1.82, 2.24) is 14.9 Å². The van der Waals surface area contributed by atoms with Gasteiger partial charge in [-0.3, -0.25) is 9.88 Å². The number of piperazine rings is 1. The van der Waals surface area contributed by atoms with Gasteiger partial charge in [0.2, 0.25) is 0 Å². The fourth-order valence-electron chi connectivity index (χ4n) is 3.07. The van der Waals surface area contributed by atoms with Gasteiger partial charge in [0, 0.05) is 45.1 Å². The Morgan fingerprint density at radius 1 is 1.19 bits per heavy atom. The van der Waals surface area contributed by atoms with Gasteiger partial charge in [-0.1, -0.05) is 6.07 Å². The third-order valence-corrected chi connectivity index (χ3v) is 4.48. The summed E-state index contributed by atoms with van der Waals surface area (Å²) in [6.45, 7) is 7.75. The second-order valence-electron chi connectivity index (χ2n) is 6.91. The number of anilines is 1. The molecule has 7 nitrogen and oxygen atoms in total. The molecular formula is C20H26N4O3. The smallest absolute Gasteiger partial charge is 0.342 e. The summed E-state index contributed by atoms with van der Waals surface area (Å²) in [7, 11) is 0. The van der Waals surface area contributed by atoms with E-state index in [1.165, 1.54) is 0 Å². The van der Waals surface area contributed by atoms with Gasteiger partial charge in [-0.15, -0.1) is 0 Å². The molecule has 0 spiro atoms. The summed E-state index contributed by atoms with van der Waals surface area (Å²) in [6.07, 6.45) is 3.26. The first-order valence-electron chi connectivity index (χ1n) is 9.25. The first kappa shape index (κ1) is 19.3. The predicted molar refractivity (Wildman–Crippen MR) is 102 cm³/mol. The molecule has 0 aliphatic carbocycles. The van der Waals surface area contributed by atoms with Crippen LogP contribution in [0.2, 0.25) is 0 Å².